The van der Waals surface area contributed by atoms with E-state index in [-0.39, 0.29) is 51.4 Å². The molecule has 0 saturated carbocycles. The van der Waals surface area contributed by atoms with Crippen LogP contribution in [-0.4, -0.2) is 14.5 Å². The first-order valence-electron chi connectivity index (χ1n) is 6.33. The molecule has 0 aromatic heterocycles. The van der Waals surface area contributed by atoms with Crippen LogP contribution in [0.15, 0.2) is 0 Å². The van der Waals surface area contributed by atoms with Crippen LogP contribution in [0, 0.1) is 0 Å². The van der Waals surface area contributed by atoms with Crippen LogP contribution in [0.3, 0.4) is 0 Å². The molecule has 0 aromatic carbocycles. The van der Waals surface area contributed by atoms with Gasteiger partial charge < -0.3 is 4.55 Å². The molecule has 0 N–H and O–H groups in total. The van der Waals surface area contributed by atoms with Crippen molar-refractivity contribution < 1.29 is 60.1 Å². The van der Waals surface area contributed by atoms with E-state index in [9.17, 15) is 8.76 Å². The maximum Gasteiger partial charge on any atom is 1.00 e. The van der Waals surface area contributed by atoms with Crippen LogP contribution in [0.25, 0.3) is 0 Å². The Balaban J connectivity index is 0. The van der Waals surface area contributed by atoms with Crippen molar-refractivity contribution >= 4 is 11.1 Å². The Morgan fingerprint density at radius 1 is 0.812 bits per heavy atom. The summed E-state index contributed by atoms with van der Waals surface area (Å²) in [5, 5.41) is 0. The average Bonchev–Trinajstić information content (AvgIpc) is 2.20. The van der Waals surface area contributed by atoms with E-state index in [0.717, 1.165) is 12.8 Å². The zero-order valence-electron chi connectivity index (χ0n) is 11.0. The Bertz CT molecular complexity index is 154. The van der Waals surface area contributed by atoms with E-state index in [1.165, 1.54) is 51.4 Å². The van der Waals surface area contributed by atoms with E-state index in [2.05, 4.69) is 6.92 Å². The molecule has 1 unspecified atom stereocenters. The van der Waals surface area contributed by atoms with Gasteiger partial charge in [-0.2, -0.15) is 0 Å². The predicted molar refractivity (Wildman–Crippen MR) is 65.6 cm³/mol. The molecule has 16 heavy (non-hydrogen) atoms. The number of hydrogen-bond acceptors (Lipinski definition) is 2. The SMILES string of the molecule is CCCCCCCCCCCCS(=O)[O-].[K+]. The summed E-state index contributed by atoms with van der Waals surface area (Å²) in [6, 6.07) is 0. The largest absolute Gasteiger partial charge is 1.00 e. The fourth-order valence-electron chi connectivity index (χ4n) is 1.71. The number of rotatable bonds is 11. The molecule has 0 bridgehead atoms. The summed E-state index contributed by atoms with van der Waals surface area (Å²) in [5.41, 5.74) is 0. The molecule has 0 heterocycles. The van der Waals surface area contributed by atoms with Gasteiger partial charge in [-0.15, -0.1) is 0 Å². The summed E-state index contributed by atoms with van der Waals surface area (Å²) < 4.78 is 20.5. The van der Waals surface area contributed by atoms with E-state index in [1.54, 1.807) is 0 Å². The van der Waals surface area contributed by atoms with Gasteiger partial charge in [0.05, 0.1) is 0 Å². The molecular formula is C12H25KO2S. The van der Waals surface area contributed by atoms with Gasteiger partial charge in [-0.05, 0) is 6.42 Å². The van der Waals surface area contributed by atoms with Crippen molar-refractivity contribution in [1.29, 1.82) is 0 Å². The van der Waals surface area contributed by atoms with E-state index in [4.69, 9.17) is 0 Å². The molecule has 0 saturated heterocycles. The quantitative estimate of drug-likeness (QED) is 0.317. The summed E-state index contributed by atoms with van der Waals surface area (Å²) in [6.45, 7) is 2.24. The molecule has 92 valence electrons. The summed E-state index contributed by atoms with van der Waals surface area (Å²) >= 11 is -1.83. The maximum atomic E-state index is 10.2. The number of unbranched alkanes of at least 4 members (excludes halogenated alkanes) is 9. The predicted octanol–water partition coefficient (Wildman–Crippen LogP) is 0.790. The second-order valence-electron chi connectivity index (χ2n) is 4.19. The summed E-state index contributed by atoms with van der Waals surface area (Å²) in [7, 11) is 0. The van der Waals surface area contributed by atoms with E-state index in [0.29, 0.717) is 5.75 Å². The summed E-state index contributed by atoms with van der Waals surface area (Å²) in [6.07, 6.45) is 12.5. The van der Waals surface area contributed by atoms with Crippen molar-refractivity contribution in [2.45, 2.75) is 71.1 Å². The van der Waals surface area contributed by atoms with Gasteiger partial charge in [0.2, 0.25) is 0 Å². The molecule has 0 aliphatic carbocycles. The third-order valence-electron chi connectivity index (χ3n) is 2.66. The van der Waals surface area contributed by atoms with Gasteiger partial charge in [-0.1, -0.05) is 75.8 Å². The van der Waals surface area contributed by atoms with Gasteiger partial charge in [0.25, 0.3) is 0 Å². The van der Waals surface area contributed by atoms with Crippen molar-refractivity contribution in [3.63, 3.8) is 0 Å². The first kappa shape index (κ1) is 20.1. The second-order valence-corrected chi connectivity index (χ2v) is 5.21. The zero-order valence-corrected chi connectivity index (χ0v) is 14.9. The minimum absolute atomic E-state index is 0. The average molecular weight is 272 g/mol. The molecule has 0 radical (unpaired) electrons. The molecule has 0 spiro atoms. The molecule has 1 atom stereocenters. The van der Waals surface area contributed by atoms with Crippen LogP contribution < -0.4 is 51.4 Å². The van der Waals surface area contributed by atoms with Gasteiger partial charge in [-0.25, -0.2) is 0 Å². The van der Waals surface area contributed by atoms with Crippen LogP contribution in [-0.2, 0) is 11.1 Å². The fraction of sp³-hybridized carbons (Fsp3) is 1.00. The summed E-state index contributed by atoms with van der Waals surface area (Å²) in [4.78, 5) is 0. The molecular weight excluding hydrogens is 247 g/mol. The molecule has 0 aliphatic rings. The van der Waals surface area contributed by atoms with Crippen LogP contribution in [0.2, 0.25) is 0 Å². The van der Waals surface area contributed by atoms with Crippen LogP contribution in [0.4, 0.5) is 0 Å². The third-order valence-corrected chi connectivity index (χ3v) is 3.29. The standard InChI is InChI=1S/C12H26O2S.K/c1-2-3-4-5-6-7-8-9-10-11-12-15(13)14;/h2-12H2,1H3,(H,13,14);/q;+1/p-1. The Hall–Kier alpha value is 1.75. The minimum Gasteiger partial charge on any atom is -0.772 e. The fourth-order valence-corrected chi connectivity index (χ4v) is 2.15. The minimum atomic E-state index is -1.83. The normalized spacial score (nSPS) is 12.1. The Kier molecular flexibility index (Phi) is 21.0. The maximum absolute atomic E-state index is 10.2. The van der Waals surface area contributed by atoms with Crippen molar-refractivity contribution in [2.24, 2.45) is 0 Å². The van der Waals surface area contributed by atoms with Crippen molar-refractivity contribution in [3.8, 4) is 0 Å². The topological polar surface area (TPSA) is 40.1 Å². The first-order valence-corrected chi connectivity index (χ1v) is 7.57. The summed E-state index contributed by atoms with van der Waals surface area (Å²) in [5.74, 6) is 0.344. The van der Waals surface area contributed by atoms with Crippen molar-refractivity contribution in [3.05, 3.63) is 0 Å². The van der Waals surface area contributed by atoms with Crippen LogP contribution in [0.5, 0.6) is 0 Å². The Labute approximate surface area is 146 Å². The monoisotopic (exact) mass is 272 g/mol. The molecule has 0 fully saturated rings. The van der Waals surface area contributed by atoms with E-state index in [1.807, 2.05) is 0 Å². The molecule has 4 heteroatoms. The van der Waals surface area contributed by atoms with E-state index < -0.39 is 11.1 Å². The molecule has 0 aromatic rings. The van der Waals surface area contributed by atoms with Gasteiger partial charge in [-0.3, -0.25) is 4.21 Å². The molecule has 0 aliphatic heterocycles. The Morgan fingerprint density at radius 2 is 1.19 bits per heavy atom. The molecule has 0 rings (SSSR count). The van der Waals surface area contributed by atoms with Crippen molar-refractivity contribution in [2.75, 3.05) is 5.75 Å². The zero-order chi connectivity index (χ0) is 11.4. The smallest absolute Gasteiger partial charge is 0.772 e. The Morgan fingerprint density at radius 3 is 1.56 bits per heavy atom. The van der Waals surface area contributed by atoms with Crippen molar-refractivity contribution in [1.82, 2.24) is 0 Å². The van der Waals surface area contributed by atoms with Gasteiger partial charge in [0.15, 0.2) is 0 Å². The van der Waals surface area contributed by atoms with Crippen LogP contribution >= 0.6 is 0 Å². The van der Waals surface area contributed by atoms with Gasteiger partial charge >= 0.3 is 51.4 Å². The first-order chi connectivity index (χ1) is 7.27. The second kappa shape index (κ2) is 16.7. The third kappa shape index (κ3) is 18.1. The molecule has 2 nitrogen and oxygen atoms in total. The van der Waals surface area contributed by atoms with Gasteiger partial charge in [0, 0.05) is 5.75 Å². The number of hydrogen-bond donors (Lipinski definition) is 0. The molecule has 0 amide bonds. The van der Waals surface area contributed by atoms with Gasteiger partial charge in [0.1, 0.15) is 0 Å². The van der Waals surface area contributed by atoms with Crippen LogP contribution in [0.1, 0.15) is 71.1 Å². The van der Waals surface area contributed by atoms with E-state index >= 15 is 0 Å².